The van der Waals surface area contributed by atoms with E-state index in [0.29, 0.717) is 17.1 Å². The monoisotopic (exact) mass is 376 g/mol. The van der Waals surface area contributed by atoms with Gasteiger partial charge in [-0.2, -0.15) is 9.64 Å². The van der Waals surface area contributed by atoms with Crippen molar-refractivity contribution >= 4 is 39.9 Å². The number of piperidine rings is 1. The second-order valence-electron chi connectivity index (χ2n) is 5.79. The predicted octanol–water partition coefficient (Wildman–Crippen LogP) is 2.38. The first-order valence-corrected chi connectivity index (χ1v) is 9.02. The van der Waals surface area contributed by atoms with Crippen LogP contribution in [0.5, 0.6) is 0 Å². The van der Waals surface area contributed by atoms with E-state index in [-0.39, 0.29) is 17.0 Å². The molecule has 2 aromatic heterocycles. The topological polar surface area (TPSA) is 108 Å². The average molecular weight is 377 g/mol. The lowest BCUT2D eigenvalue weighted by molar-refractivity contribution is -0.122. The Bertz CT molecular complexity index is 809. The maximum atomic E-state index is 11.3. The molecule has 1 aliphatic rings. The van der Waals surface area contributed by atoms with Crippen molar-refractivity contribution in [1.82, 2.24) is 9.36 Å². The largest absolute Gasteiger partial charge is 0.370 e. The number of nitrogens with one attached hydrogen (secondary N) is 1. The molecule has 3 rings (SSSR count). The van der Waals surface area contributed by atoms with Gasteiger partial charge in [-0.15, -0.1) is 0 Å². The number of primary amides is 1. The Balaban J connectivity index is 1.71. The van der Waals surface area contributed by atoms with Gasteiger partial charge in [0, 0.05) is 37.3 Å². The zero-order valence-electron chi connectivity index (χ0n) is 13.4. The summed E-state index contributed by atoms with van der Waals surface area (Å²) in [4.78, 5) is 18.0. The Morgan fingerprint density at radius 2 is 2.28 bits per heavy atom. The quantitative estimate of drug-likeness (QED) is 0.829. The van der Waals surface area contributed by atoms with E-state index in [0.717, 1.165) is 48.8 Å². The van der Waals surface area contributed by atoms with Crippen molar-refractivity contribution in [2.75, 3.05) is 23.3 Å². The summed E-state index contributed by atoms with van der Waals surface area (Å²) in [5, 5.41) is 13.2. The molecule has 25 heavy (non-hydrogen) atoms. The smallest absolute Gasteiger partial charge is 0.220 e. The van der Waals surface area contributed by atoms with Crippen molar-refractivity contribution in [3.8, 4) is 6.07 Å². The van der Waals surface area contributed by atoms with E-state index in [1.165, 1.54) is 0 Å². The zero-order chi connectivity index (χ0) is 17.8. The Labute approximate surface area is 154 Å². The van der Waals surface area contributed by atoms with E-state index < -0.39 is 0 Å². The van der Waals surface area contributed by atoms with Gasteiger partial charge in [-0.25, -0.2) is 4.98 Å². The highest BCUT2D eigenvalue weighted by molar-refractivity contribution is 7.10. The number of carbonyl (C=O) groups is 1. The van der Waals surface area contributed by atoms with Crippen molar-refractivity contribution in [3.63, 3.8) is 0 Å². The molecule has 3 N–H and O–H groups in total. The van der Waals surface area contributed by atoms with Gasteiger partial charge in [-0.3, -0.25) is 4.79 Å². The Morgan fingerprint density at radius 1 is 1.52 bits per heavy atom. The second-order valence-corrected chi connectivity index (χ2v) is 6.92. The molecule has 0 atom stereocenters. The maximum absolute atomic E-state index is 11.3. The number of rotatable bonds is 5. The molecule has 9 heteroatoms. The molecule has 0 radical (unpaired) electrons. The summed E-state index contributed by atoms with van der Waals surface area (Å²) >= 11 is 7.06. The van der Waals surface area contributed by atoms with Gasteiger partial charge in [0.15, 0.2) is 5.15 Å². The van der Waals surface area contributed by atoms with Crippen LogP contribution in [0.1, 0.15) is 24.0 Å². The highest BCUT2D eigenvalue weighted by Gasteiger charge is 2.25. The number of amides is 1. The van der Waals surface area contributed by atoms with Crippen molar-refractivity contribution in [2.24, 2.45) is 11.7 Å². The normalized spacial score (nSPS) is 15.0. The maximum Gasteiger partial charge on any atom is 0.220 e. The van der Waals surface area contributed by atoms with Gasteiger partial charge in [0.25, 0.3) is 0 Å². The van der Waals surface area contributed by atoms with E-state index in [1.54, 1.807) is 6.20 Å². The van der Waals surface area contributed by atoms with E-state index in [2.05, 4.69) is 25.6 Å². The van der Waals surface area contributed by atoms with Crippen molar-refractivity contribution in [3.05, 3.63) is 34.6 Å². The summed E-state index contributed by atoms with van der Waals surface area (Å²) in [7, 11) is 0. The molecule has 0 bridgehead atoms. The fraction of sp³-hybridized carbons (Fsp3) is 0.375. The second kappa shape index (κ2) is 7.68. The van der Waals surface area contributed by atoms with Crippen LogP contribution in [0.25, 0.3) is 0 Å². The van der Waals surface area contributed by atoms with E-state index >= 15 is 0 Å². The Hall–Kier alpha value is -2.37. The van der Waals surface area contributed by atoms with E-state index in [4.69, 9.17) is 22.6 Å². The number of anilines is 2. The number of nitrogens with two attached hydrogens (primary N) is 1. The molecule has 0 unspecified atom stereocenters. The molecule has 130 valence electrons. The first-order chi connectivity index (χ1) is 12.1. The summed E-state index contributed by atoms with van der Waals surface area (Å²) in [6.07, 6.45) is 3.23. The number of hydrogen-bond donors (Lipinski definition) is 2. The van der Waals surface area contributed by atoms with Gasteiger partial charge in [0.05, 0.1) is 0 Å². The number of halogens is 1. The lowest BCUT2D eigenvalue weighted by Crippen LogP contribution is -2.39. The van der Waals surface area contributed by atoms with Crippen LogP contribution in [0.15, 0.2) is 18.3 Å². The van der Waals surface area contributed by atoms with Crippen LogP contribution in [-0.2, 0) is 11.3 Å². The average Bonchev–Trinajstić information content (AvgIpc) is 3.00. The zero-order valence-corrected chi connectivity index (χ0v) is 15.0. The molecule has 1 aliphatic heterocycles. The molecule has 7 nitrogen and oxygen atoms in total. The fourth-order valence-electron chi connectivity index (χ4n) is 2.89. The van der Waals surface area contributed by atoms with Crippen LogP contribution < -0.4 is 16.0 Å². The molecule has 1 amide bonds. The SMILES string of the molecule is N#Cc1c(Cl)nsc1NCc1cccnc1N1CCC(C(N)=O)CC1. The van der Waals surface area contributed by atoms with Gasteiger partial charge in [0.2, 0.25) is 5.91 Å². The summed E-state index contributed by atoms with van der Waals surface area (Å²) in [5.41, 5.74) is 6.77. The van der Waals surface area contributed by atoms with Crippen LogP contribution >= 0.6 is 23.1 Å². The minimum absolute atomic E-state index is 0.0564. The number of carbonyl (C=O) groups excluding carboxylic acids is 1. The van der Waals surface area contributed by atoms with Crippen LogP contribution in [0, 0.1) is 17.2 Å². The highest BCUT2D eigenvalue weighted by atomic mass is 35.5. The molecule has 3 heterocycles. The Kier molecular flexibility index (Phi) is 5.36. The number of aromatic nitrogens is 2. The van der Waals surface area contributed by atoms with Crippen molar-refractivity contribution in [2.45, 2.75) is 19.4 Å². The summed E-state index contributed by atoms with van der Waals surface area (Å²) in [6.45, 7) is 1.99. The number of nitriles is 1. The number of pyridine rings is 1. The number of nitrogens with zero attached hydrogens (tertiary/aromatic N) is 4. The Morgan fingerprint density at radius 3 is 2.96 bits per heavy atom. The summed E-state index contributed by atoms with van der Waals surface area (Å²) in [5.74, 6) is 0.597. The van der Waals surface area contributed by atoms with Gasteiger partial charge in [0.1, 0.15) is 22.5 Å². The predicted molar refractivity (Wildman–Crippen MR) is 97.5 cm³/mol. The lowest BCUT2D eigenvalue weighted by Gasteiger charge is -2.32. The molecule has 1 saturated heterocycles. The molecule has 0 aromatic carbocycles. The van der Waals surface area contributed by atoms with E-state index in [9.17, 15) is 4.79 Å². The van der Waals surface area contributed by atoms with Crippen molar-refractivity contribution in [1.29, 1.82) is 5.26 Å². The van der Waals surface area contributed by atoms with Crippen LogP contribution in [0.3, 0.4) is 0 Å². The minimum atomic E-state index is -0.228. The lowest BCUT2D eigenvalue weighted by atomic mass is 9.96. The number of hydrogen-bond acceptors (Lipinski definition) is 7. The minimum Gasteiger partial charge on any atom is -0.370 e. The third-order valence-electron chi connectivity index (χ3n) is 4.27. The molecule has 0 spiro atoms. The molecule has 0 saturated carbocycles. The van der Waals surface area contributed by atoms with Crippen LogP contribution in [0.2, 0.25) is 5.15 Å². The standard InChI is InChI=1S/C16H17ClN6OS/c17-13-12(8-18)16(25-22-13)21-9-11-2-1-5-20-15(11)23-6-3-10(4-7-23)14(19)24/h1-2,5,10,21H,3-4,6-7,9H2,(H2,19,24). The van der Waals surface area contributed by atoms with Gasteiger partial charge in [-0.05, 0) is 30.4 Å². The van der Waals surface area contributed by atoms with Gasteiger partial charge < -0.3 is 16.0 Å². The first-order valence-electron chi connectivity index (χ1n) is 7.87. The van der Waals surface area contributed by atoms with Crippen LogP contribution in [0.4, 0.5) is 10.8 Å². The van der Waals surface area contributed by atoms with E-state index in [1.807, 2.05) is 12.1 Å². The molecule has 2 aromatic rings. The van der Waals surface area contributed by atoms with Crippen molar-refractivity contribution < 1.29 is 4.79 Å². The van der Waals surface area contributed by atoms with Gasteiger partial charge in [-0.1, -0.05) is 17.7 Å². The van der Waals surface area contributed by atoms with Crippen LogP contribution in [-0.4, -0.2) is 28.4 Å². The third kappa shape index (κ3) is 3.83. The third-order valence-corrected chi connectivity index (χ3v) is 5.44. The summed E-state index contributed by atoms with van der Waals surface area (Å²) in [6, 6.07) is 5.92. The molecular weight excluding hydrogens is 360 g/mol. The first kappa shape index (κ1) is 17.5. The molecule has 1 fully saturated rings. The van der Waals surface area contributed by atoms with Gasteiger partial charge >= 0.3 is 0 Å². The fourth-order valence-corrected chi connectivity index (χ4v) is 3.82. The molecule has 0 aliphatic carbocycles. The molecular formula is C16H17ClN6OS. The highest BCUT2D eigenvalue weighted by Crippen LogP contribution is 2.29. The summed E-state index contributed by atoms with van der Waals surface area (Å²) < 4.78 is 3.99.